The molecule has 5 nitrogen and oxygen atoms in total. The lowest BCUT2D eigenvalue weighted by Crippen LogP contribution is -2.32. The first-order valence-corrected chi connectivity index (χ1v) is 10.1. The minimum atomic E-state index is -0.107. The van der Waals surface area contributed by atoms with E-state index in [0.717, 1.165) is 18.5 Å². The molecule has 0 radical (unpaired) electrons. The Kier molecular flexibility index (Phi) is 4.93. The van der Waals surface area contributed by atoms with Gasteiger partial charge in [-0.25, -0.2) is 4.79 Å². The Hall–Kier alpha value is -2.34. The van der Waals surface area contributed by atoms with E-state index in [1.54, 1.807) is 22.3 Å². The van der Waals surface area contributed by atoms with Crippen LogP contribution in [0.1, 0.15) is 47.0 Å². The van der Waals surface area contributed by atoms with E-state index in [2.05, 4.69) is 22.1 Å². The van der Waals surface area contributed by atoms with Crippen LogP contribution in [0.3, 0.4) is 0 Å². The van der Waals surface area contributed by atoms with E-state index in [4.69, 9.17) is 0 Å². The number of carbonyl (C=O) groups excluding carboxylic acids is 2. The summed E-state index contributed by atoms with van der Waals surface area (Å²) in [4.78, 5) is 27.7. The van der Waals surface area contributed by atoms with Crippen LogP contribution in [-0.4, -0.2) is 25.0 Å². The summed E-state index contributed by atoms with van der Waals surface area (Å²) in [6.07, 6.45) is 4.80. The monoisotopic (exact) mass is 369 g/mol. The van der Waals surface area contributed by atoms with Gasteiger partial charge in [0.1, 0.15) is 0 Å². The van der Waals surface area contributed by atoms with Crippen LogP contribution in [0.25, 0.3) is 0 Å². The van der Waals surface area contributed by atoms with E-state index in [-0.39, 0.29) is 18.0 Å². The van der Waals surface area contributed by atoms with Gasteiger partial charge in [0, 0.05) is 29.2 Å². The van der Waals surface area contributed by atoms with Crippen molar-refractivity contribution in [2.75, 3.05) is 18.0 Å². The highest BCUT2D eigenvalue weighted by Gasteiger charge is 2.29. The lowest BCUT2D eigenvalue weighted by Gasteiger charge is -2.24. The van der Waals surface area contributed by atoms with Crippen molar-refractivity contribution in [2.45, 2.75) is 31.7 Å². The van der Waals surface area contributed by atoms with Crippen molar-refractivity contribution in [2.24, 2.45) is 5.92 Å². The van der Waals surface area contributed by atoms with E-state index in [1.807, 2.05) is 24.3 Å². The molecule has 1 aromatic carbocycles. The molecule has 0 bridgehead atoms. The van der Waals surface area contributed by atoms with Crippen molar-refractivity contribution in [3.8, 4) is 0 Å². The molecule has 2 heterocycles. The molecular weight excluding hydrogens is 346 g/mol. The molecule has 2 N–H and O–H groups in total. The summed E-state index contributed by atoms with van der Waals surface area (Å²) in [5.41, 5.74) is 1.36. The lowest BCUT2D eigenvalue weighted by atomic mass is 9.96. The minimum absolute atomic E-state index is 0.0724. The molecule has 1 aliphatic heterocycles. The maximum atomic E-state index is 12.9. The van der Waals surface area contributed by atoms with Gasteiger partial charge in [-0.2, -0.15) is 0 Å². The van der Waals surface area contributed by atoms with Gasteiger partial charge in [-0.1, -0.05) is 25.0 Å². The first-order chi connectivity index (χ1) is 12.7. The fourth-order valence-corrected chi connectivity index (χ4v) is 4.81. The molecule has 136 valence electrons. The Labute approximate surface area is 157 Å². The number of amides is 3. The van der Waals surface area contributed by atoms with Gasteiger partial charge in [-0.3, -0.25) is 9.69 Å². The quantitative estimate of drug-likeness (QED) is 0.839. The van der Waals surface area contributed by atoms with Gasteiger partial charge in [0.15, 0.2) is 0 Å². The molecule has 6 heteroatoms. The second kappa shape index (κ2) is 7.50. The zero-order valence-electron chi connectivity index (χ0n) is 14.6. The molecule has 4 rings (SSSR count). The Balaban J connectivity index is 1.53. The number of nitrogens with zero attached hydrogens (tertiary/aromatic N) is 1. The van der Waals surface area contributed by atoms with Gasteiger partial charge in [-0.05, 0) is 48.4 Å². The number of hydrogen-bond donors (Lipinski definition) is 2. The molecule has 26 heavy (non-hydrogen) atoms. The minimum Gasteiger partial charge on any atom is -0.344 e. The average molecular weight is 369 g/mol. The number of rotatable bonds is 5. The molecular formula is C20H23N3O2S. The predicted molar refractivity (Wildman–Crippen MR) is 104 cm³/mol. The second-order valence-corrected chi connectivity index (χ2v) is 7.92. The van der Waals surface area contributed by atoms with Gasteiger partial charge in [0.05, 0.1) is 6.04 Å². The summed E-state index contributed by atoms with van der Waals surface area (Å²) in [6, 6.07) is 11.4. The average Bonchev–Trinajstić information content (AvgIpc) is 3.42. The molecule has 1 atom stereocenters. The predicted octanol–water partition coefficient (Wildman–Crippen LogP) is 3.94. The van der Waals surface area contributed by atoms with Crippen LogP contribution in [0.2, 0.25) is 0 Å². The van der Waals surface area contributed by atoms with E-state index >= 15 is 0 Å². The summed E-state index contributed by atoms with van der Waals surface area (Å²) in [6.45, 7) is 1.27. The van der Waals surface area contributed by atoms with Crippen molar-refractivity contribution in [3.05, 3.63) is 52.2 Å². The topological polar surface area (TPSA) is 61.4 Å². The number of urea groups is 1. The normalized spacial score (nSPS) is 18.8. The van der Waals surface area contributed by atoms with E-state index in [0.29, 0.717) is 24.6 Å². The van der Waals surface area contributed by atoms with Crippen LogP contribution in [0.5, 0.6) is 0 Å². The largest absolute Gasteiger partial charge is 0.344 e. The summed E-state index contributed by atoms with van der Waals surface area (Å²) in [5.74, 6) is 0.432. The second-order valence-electron chi connectivity index (χ2n) is 6.94. The third-order valence-electron chi connectivity index (χ3n) is 5.28. The molecule has 1 saturated carbocycles. The number of hydrogen-bond acceptors (Lipinski definition) is 3. The van der Waals surface area contributed by atoms with E-state index in [9.17, 15) is 9.59 Å². The smallest absolute Gasteiger partial charge is 0.321 e. The van der Waals surface area contributed by atoms with Crippen molar-refractivity contribution < 1.29 is 9.59 Å². The Bertz CT molecular complexity index is 784. The van der Waals surface area contributed by atoms with Crippen molar-refractivity contribution in [3.63, 3.8) is 0 Å². The Morgan fingerprint density at radius 2 is 2.08 bits per heavy atom. The number of nitrogens with one attached hydrogen (secondary N) is 2. The highest BCUT2D eigenvalue weighted by Crippen LogP contribution is 2.37. The fraction of sp³-hybridized carbons (Fsp3) is 0.400. The Morgan fingerprint density at radius 1 is 1.23 bits per heavy atom. The molecule has 2 aliphatic rings. The van der Waals surface area contributed by atoms with Crippen molar-refractivity contribution in [1.82, 2.24) is 10.6 Å². The maximum Gasteiger partial charge on any atom is 0.321 e. The van der Waals surface area contributed by atoms with Crippen LogP contribution >= 0.6 is 11.3 Å². The zero-order chi connectivity index (χ0) is 17.9. The van der Waals surface area contributed by atoms with Gasteiger partial charge in [-0.15, -0.1) is 11.3 Å². The molecule has 1 saturated heterocycles. The van der Waals surface area contributed by atoms with Gasteiger partial charge >= 0.3 is 6.03 Å². The van der Waals surface area contributed by atoms with Crippen LogP contribution in [0, 0.1) is 5.92 Å². The summed E-state index contributed by atoms with van der Waals surface area (Å²) in [5, 5.41) is 8.12. The van der Waals surface area contributed by atoms with Gasteiger partial charge in [0.2, 0.25) is 0 Å². The zero-order valence-corrected chi connectivity index (χ0v) is 15.4. The molecule has 2 fully saturated rings. The summed E-state index contributed by atoms with van der Waals surface area (Å²) < 4.78 is 0. The molecule has 1 aliphatic carbocycles. The fourth-order valence-electron chi connectivity index (χ4n) is 3.94. The van der Waals surface area contributed by atoms with Crippen LogP contribution in [0.15, 0.2) is 41.8 Å². The molecule has 0 spiro atoms. The SMILES string of the molecule is O=C(N[C@@H](c1cccs1)C1CCCC1)c1cccc(N2CCNC2=O)c1. The van der Waals surface area contributed by atoms with Gasteiger partial charge in [0.25, 0.3) is 5.91 Å². The maximum absolute atomic E-state index is 12.9. The molecule has 1 aromatic heterocycles. The standard InChI is InChI=1S/C20H23N3O2S/c24-19(15-7-3-8-16(13-15)23-11-10-21-20(23)25)22-18(14-5-1-2-6-14)17-9-4-12-26-17/h3-4,7-9,12-14,18H,1-2,5-6,10-11H2,(H,21,25)(H,22,24)/t18-/m1/s1. The lowest BCUT2D eigenvalue weighted by molar-refractivity contribution is 0.0923. The third-order valence-corrected chi connectivity index (χ3v) is 6.24. The number of benzene rings is 1. The first-order valence-electron chi connectivity index (χ1n) is 9.22. The molecule has 2 aromatic rings. The molecule has 0 unspecified atom stereocenters. The van der Waals surface area contributed by atoms with E-state index < -0.39 is 0 Å². The summed E-state index contributed by atoms with van der Waals surface area (Å²) in [7, 11) is 0. The van der Waals surface area contributed by atoms with Crippen LogP contribution < -0.4 is 15.5 Å². The highest BCUT2D eigenvalue weighted by molar-refractivity contribution is 7.10. The highest BCUT2D eigenvalue weighted by atomic mass is 32.1. The van der Waals surface area contributed by atoms with E-state index in [1.165, 1.54) is 17.7 Å². The Morgan fingerprint density at radius 3 is 2.77 bits per heavy atom. The van der Waals surface area contributed by atoms with Crippen molar-refractivity contribution in [1.29, 1.82) is 0 Å². The number of carbonyl (C=O) groups is 2. The number of thiophene rings is 1. The summed E-state index contributed by atoms with van der Waals surface area (Å²) >= 11 is 1.70. The number of anilines is 1. The first kappa shape index (κ1) is 17.1. The molecule has 3 amide bonds. The van der Waals surface area contributed by atoms with Crippen LogP contribution in [-0.2, 0) is 0 Å². The third kappa shape index (κ3) is 3.46. The van der Waals surface area contributed by atoms with Gasteiger partial charge < -0.3 is 10.6 Å². The van der Waals surface area contributed by atoms with Crippen molar-refractivity contribution >= 4 is 29.0 Å². The van der Waals surface area contributed by atoms with Crippen LogP contribution in [0.4, 0.5) is 10.5 Å².